The van der Waals surface area contributed by atoms with E-state index < -0.39 is 5.82 Å². The number of halogens is 3. The Labute approximate surface area is 107 Å². The number of aromatic nitrogens is 2. The molecule has 0 radical (unpaired) electrons. The van der Waals surface area contributed by atoms with Gasteiger partial charge in [0.05, 0.1) is 10.7 Å². The smallest absolute Gasteiger partial charge is 0.223 e. The molecule has 2 aromatic rings. The molecule has 0 fully saturated rings. The predicted molar refractivity (Wildman–Crippen MR) is 66.1 cm³/mol. The summed E-state index contributed by atoms with van der Waals surface area (Å²) in [5, 5.41) is 3.36. The van der Waals surface area contributed by atoms with E-state index in [-0.39, 0.29) is 11.1 Å². The van der Waals surface area contributed by atoms with E-state index >= 15 is 0 Å². The van der Waals surface area contributed by atoms with Crippen LogP contribution in [-0.4, -0.2) is 9.97 Å². The average Bonchev–Trinajstić information content (AvgIpc) is 2.22. The van der Waals surface area contributed by atoms with E-state index in [1.54, 1.807) is 0 Å². The molecule has 0 saturated heterocycles. The van der Waals surface area contributed by atoms with Crippen molar-refractivity contribution in [1.29, 1.82) is 0 Å². The second kappa shape index (κ2) is 4.73. The SMILES string of the molecule is Nc1nc(Cl)cc(Nc2cc(F)ccc2Cl)n1. The van der Waals surface area contributed by atoms with Gasteiger partial charge in [-0.2, -0.15) is 4.98 Å². The number of nitrogen functional groups attached to an aromatic ring is 1. The maximum atomic E-state index is 13.0. The van der Waals surface area contributed by atoms with Crippen LogP contribution in [0, 0.1) is 5.82 Å². The van der Waals surface area contributed by atoms with Gasteiger partial charge in [-0.05, 0) is 18.2 Å². The highest BCUT2D eigenvalue weighted by Gasteiger charge is 2.05. The fourth-order valence-electron chi connectivity index (χ4n) is 1.23. The standard InChI is InChI=1S/C10H7Cl2FN4/c11-6-2-1-5(13)3-7(6)15-9-4-8(12)16-10(14)17-9/h1-4H,(H3,14,15,16,17). The number of nitrogens with one attached hydrogen (secondary N) is 1. The third-order valence-electron chi connectivity index (χ3n) is 1.90. The van der Waals surface area contributed by atoms with Gasteiger partial charge in [0.1, 0.15) is 16.8 Å². The van der Waals surface area contributed by atoms with E-state index in [2.05, 4.69) is 15.3 Å². The summed E-state index contributed by atoms with van der Waals surface area (Å²) in [6.45, 7) is 0. The Hall–Kier alpha value is -1.59. The highest BCUT2D eigenvalue weighted by molar-refractivity contribution is 6.33. The third-order valence-corrected chi connectivity index (χ3v) is 2.43. The first-order chi connectivity index (χ1) is 8.04. The average molecular weight is 273 g/mol. The summed E-state index contributed by atoms with van der Waals surface area (Å²) in [5.74, 6) is -0.0486. The van der Waals surface area contributed by atoms with Gasteiger partial charge >= 0.3 is 0 Å². The van der Waals surface area contributed by atoms with Crippen LogP contribution in [0.3, 0.4) is 0 Å². The van der Waals surface area contributed by atoms with Crippen molar-refractivity contribution in [3.63, 3.8) is 0 Å². The Morgan fingerprint density at radius 1 is 1.18 bits per heavy atom. The van der Waals surface area contributed by atoms with E-state index in [0.717, 1.165) is 0 Å². The van der Waals surface area contributed by atoms with Crippen LogP contribution >= 0.6 is 23.2 Å². The Bertz CT molecular complexity index is 542. The molecule has 0 spiro atoms. The normalized spacial score (nSPS) is 10.3. The minimum atomic E-state index is -0.412. The fraction of sp³-hybridized carbons (Fsp3) is 0. The van der Waals surface area contributed by atoms with Gasteiger partial charge in [0.2, 0.25) is 5.95 Å². The Morgan fingerprint density at radius 3 is 2.65 bits per heavy atom. The Morgan fingerprint density at radius 2 is 1.94 bits per heavy atom. The van der Waals surface area contributed by atoms with Gasteiger partial charge in [0.25, 0.3) is 0 Å². The van der Waals surface area contributed by atoms with Gasteiger partial charge in [-0.3, -0.25) is 0 Å². The summed E-state index contributed by atoms with van der Waals surface area (Å²) in [6, 6.07) is 5.40. The zero-order valence-electron chi connectivity index (χ0n) is 8.42. The number of anilines is 3. The maximum absolute atomic E-state index is 13.0. The highest BCUT2D eigenvalue weighted by Crippen LogP contribution is 2.26. The molecular formula is C10H7Cl2FN4. The van der Waals surface area contributed by atoms with Gasteiger partial charge < -0.3 is 11.1 Å². The van der Waals surface area contributed by atoms with Crippen molar-refractivity contribution in [2.45, 2.75) is 0 Å². The molecule has 0 saturated carbocycles. The topological polar surface area (TPSA) is 63.8 Å². The van der Waals surface area contributed by atoms with Crippen molar-refractivity contribution < 1.29 is 4.39 Å². The molecule has 0 aliphatic rings. The minimum absolute atomic E-state index is 0.0209. The van der Waals surface area contributed by atoms with E-state index in [1.165, 1.54) is 24.3 Å². The van der Waals surface area contributed by atoms with Crippen LogP contribution in [0.25, 0.3) is 0 Å². The molecule has 0 unspecified atom stereocenters. The monoisotopic (exact) mass is 272 g/mol. The van der Waals surface area contributed by atoms with Crippen LogP contribution in [0.1, 0.15) is 0 Å². The molecule has 17 heavy (non-hydrogen) atoms. The number of rotatable bonds is 2. The van der Waals surface area contributed by atoms with Crippen LogP contribution in [-0.2, 0) is 0 Å². The molecule has 1 heterocycles. The molecule has 0 atom stereocenters. The summed E-state index contributed by atoms with van der Waals surface area (Å²) in [7, 11) is 0. The van der Waals surface area contributed by atoms with E-state index in [9.17, 15) is 4.39 Å². The van der Waals surface area contributed by atoms with Crippen molar-refractivity contribution in [3.05, 3.63) is 40.3 Å². The summed E-state index contributed by atoms with van der Waals surface area (Å²) in [5.41, 5.74) is 5.80. The largest absolute Gasteiger partial charge is 0.368 e. The number of hydrogen-bond acceptors (Lipinski definition) is 4. The Balaban J connectivity index is 2.34. The molecule has 7 heteroatoms. The zero-order chi connectivity index (χ0) is 12.4. The molecule has 0 aliphatic carbocycles. The quantitative estimate of drug-likeness (QED) is 0.824. The second-order valence-corrected chi connectivity index (χ2v) is 3.98. The molecule has 4 nitrogen and oxygen atoms in total. The Kier molecular flexibility index (Phi) is 3.31. The molecule has 0 amide bonds. The van der Waals surface area contributed by atoms with Crippen LogP contribution < -0.4 is 11.1 Å². The van der Waals surface area contributed by atoms with Crippen molar-refractivity contribution in [3.8, 4) is 0 Å². The lowest BCUT2D eigenvalue weighted by Gasteiger charge is -2.08. The molecule has 3 N–H and O–H groups in total. The third kappa shape index (κ3) is 2.95. The molecule has 0 bridgehead atoms. The van der Waals surface area contributed by atoms with Crippen molar-refractivity contribution in [1.82, 2.24) is 9.97 Å². The molecule has 1 aromatic carbocycles. The van der Waals surface area contributed by atoms with Crippen LogP contribution in [0.5, 0.6) is 0 Å². The van der Waals surface area contributed by atoms with Gasteiger partial charge in [0, 0.05) is 6.07 Å². The fourth-order valence-corrected chi connectivity index (χ4v) is 1.59. The summed E-state index contributed by atoms with van der Waals surface area (Å²) >= 11 is 11.6. The van der Waals surface area contributed by atoms with Gasteiger partial charge in [-0.25, -0.2) is 9.37 Å². The summed E-state index contributed by atoms with van der Waals surface area (Å²) in [4.78, 5) is 7.59. The number of benzene rings is 1. The predicted octanol–water partition coefficient (Wildman–Crippen LogP) is 3.25. The second-order valence-electron chi connectivity index (χ2n) is 3.18. The number of nitrogens with zero attached hydrogens (tertiary/aromatic N) is 2. The lowest BCUT2D eigenvalue weighted by atomic mass is 10.3. The van der Waals surface area contributed by atoms with E-state index in [4.69, 9.17) is 28.9 Å². The minimum Gasteiger partial charge on any atom is -0.368 e. The molecule has 0 aliphatic heterocycles. The lowest BCUT2D eigenvalue weighted by molar-refractivity contribution is 0.628. The first-order valence-electron chi connectivity index (χ1n) is 4.57. The first-order valence-corrected chi connectivity index (χ1v) is 5.32. The molecule has 2 rings (SSSR count). The van der Waals surface area contributed by atoms with E-state index in [0.29, 0.717) is 16.5 Å². The summed E-state index contributed by atoms with van der Waals surface area (Å²) < 4.78 is 13.0. The molecular weight excluding hydrogens is 266 g/mol. The van der Waals surface area contributed by atoms with Gasteiger partial charge in [-0.15, -0.1) is 0 Å². The van der Waals surface area contributed by atoms with E-state index in [1.807, 2.05) is 0 Å². The first kappa shape index (κ1) is 11.9. The molecule has 88 valence electrons. The van der Waals surface area contributed by atoms with Gasteiger partial charge in [0.15, 0.2) is 0 Å². The van der Waals surface area contributed by atoms with Crippen LogP contribution in [0.4, 0.5) is 21.8 Å². The zero-order valence-corrected chi connectivity index (χ0v) is 9.93. The van der Waals surface area contributed by atoms with Gasteiger partial charge in [-0.1, -0.05) is 23.2 Å². The highest BCUT2D eigenvalue weighted by atomic mass is 35.5. The van der Waals surface area contributed by atoms with Crippen molar-refractivity contribution in [2.24, 2.45) is 0 Å². The van der Waals surface area contributed by atoms with Crippen LogP contribution in [0.15, 0.2) is 24.3 Å². The maximum Gasteiger partial charge on any atom is 0.223 e. The van der Waals surface area contributed by atoms with Crippen LogP contribution in [0.2, 0.25) is 10.2 Å². The lowest BCUT2D eigenvalue weighted by Crippen LogP contribution is -2.00. The molecule has 1 aromatic heterocycles. The summed E-state index contributed by atoms with van der Waals surface area (Å²) in [6.07, 6.45) is 0. The van der Waals surface area contributed by atoms with Crippen molar-refractivity contribution in [2.75, 3.05) is 11.1 Å². The number of nitrogens with two attached hydrogens (primary N) is 1. The number of hydrogen-bond donors (Lipinski definition) is 2. The van der Waals surface area contributed by atoms with Crippen molar-refractivity contribution >= 4 is 40.7 Å².